The van der Waals surface area contributed by atoms with E-state index in [2.05, 4.69) is 75.4 Å². The molecule has 0 saturated carbocycles. The smallest absolute Gasteiger partial charge is 0.144 e. The molecule has 1 unspecified atom stereocenters. The maximum atomic E-state index is 6.26. The molecule has 0 aliphatic heterocycles. The lowest BCUT2D eigenvalue weighted by molar-refractivity contribution is 0.540. The highest BCUT2D eigenvalue weighted by atomic mass is 16.3. The van der Waals surface area contributed by atoms with Gasteiger partial charge >= 0.3 is 0 Å². The van der Waals surface area contributed by atoms with Crippen LogP contribution in [0.15, 0.2) is 77.3 Å². The summed E-state index contributed by atoms with van der Waals surface area (Å²) in [6.45, 7) is 6.48. The molecule has 0 N–H and O–H groups in total. The number of allylic oxidation sites excluding steroid dienone is 4. The molecule has 2 heterocycles. The third-order valence-corrected chi connectivity index (χ3v) is 5.46. The van der Waals surface area contributed by atoms with E-state index in [1.165, 1.54) is 0 Å². The summed E-state index contributed by atoms with van der Waals surface area (Å²) in [7, 11) is 0. The van der Waals surface area contributed by atoms with Crippen molar-refractivity contribution < 1.29 is 4.42 Å². The third kappa shape index (κ3) is 3.17. The zero-order valence-electron chi connectivity index (χ0n) is 17.0. The summed E-state index contributed by atoms with van der Waals surface area (Å²) in [5.74, 6) is 1.14. The summed E-state index contributed by atoms with van der Waals surface area (Å²) in [5.41, 5.74) is 4.66. The minimum atomic E-state index is -0.138. The van der Waals surface area contributed by atoms with Crippen LogP contribution in [0, 0.1) is 0 Å². The second kappa shape index (κ2) is 6.70. The van der Waals surface area contributed by atoms with Crippen LogP contribution in [0.5, 0.6) is 0 Å². The van der Waals surface area contributed by atoms with Gasteiger partial charge < -0.3 is 4.42 Å². The minimum absolute atomic E-state index is 0.138. The van der Waals surface area contributed by atoms with E-state index in [1.54, 1.807) is 0 Å². The van der Waals surface area contributed by atoms with E-state index in [9.17, 15) is 0 Å². The van der Waals surface area contributed by atoms with E-state index in [1.807, 2.05) is 18.2 Å². The van der Waals surface area contributed by atoms with Gasteiger partial charge in [0.1, 0.15) is 17.0 Å². The van der Waals surface area contributed by atoms with Crippen molar-refractivity contribution in [2.75, 3.05) is 0 Å². The van der Waals surface area contributed by atoms with Gasteiger partial charge in [-0.05, 0) is 24.6 Å². The lowest BCUT2D eigenvalue weighted by atomic mass is 9.92. The number of hydrogen-bond donors (Lipinski definition) is 0. The fraction of sp³-hybridized carbons (Fsp3) is 0.231. The van der Waals surface area contributed by atoms with Crippen LogP contribution in [0.3, 0.4) is 0 Å². The highest BCUT2D eigenvalue weighted by Crippen LogP contribution is 2.37. The van der Waals surface area contributed by atoms with Crippen LogP contribution in [0.25, 0.3) is 33.2 Å². The van der Waals surface area contributed by atoms with E-state index in [0.29, 0.717) is 0 Å². The molecule has 29 heavy (non-hydrogen) atoms. The maximum absolute atomic E-state index is 6.26. The number of para-hydroxylation sites is 2. The van der Waals surface area contributed by atoms with Crippen LogP contribution in [0.1, 0.15) is 44.6 Å². The molecule has 3 nitrogen and oxygen atoms in total. The van der Waals surface area contributed by atoms with Gasteiger partial charge in [0.15, 0.2) is 0 Å². The number of aromatic nitrogens is 2. The molecule has 0 fully saturated rings. The van der Waals surface area contributed by atoms with Crippen molar-refractivity contribution in [2.24, 2.45) is 0 Å². The van der Waals surface area contributed by atoms with Crippen molar-refractivity contribution in [3.8, 4) is 11.3 Å². The molecule has 0 amide bonds. The van der Waals surface area contributed by atoms with Gasteiger partial charge in [0.2, 0.25) is 0 Å². The van der Waals surface area contributed by atoms with Crippen LogP contribution < -0.4 is 0 Å². The van der Waals surface area contributed by atoms with E-state index in [-0.39, 0.29) is 11.3 Å². The first kappa shape index (κ1) is 17.9. The molecule has 4 aromatic rings. The zero-order chi connectivity index (χ0) is 20.0. The Kier molecular flexibility index (Phi) is 4.13. The van der Waals surface area contributed by atoms with Gasteiger partial charge in [-0.2, -0.15) is 0 Å². The van der Waals surface area contributed by atoms with Crippen LogP contribution in [-0.2, 0) is 5.41 Å². The van der Waals surface area contributed by atoms with Crippen molar-refractivity contribution in [1.82, 2.24) is 9.97 Å². The van der Waals surface area contributed by atoms with Crippen molar-refractivity contribution in [3.05, 3.63) is 84.4 Å². The molecule has 144 valence electrons. The second-order valence-electron chi connectivity index (χ2n) is 8.69. The highest BCUT2D eigenvalue weighted by molar-refractivity contribution is 6.09. The quantitative estimate of drug-likeness (QED) is 0.378. The van der Waals surface area contributed by atoms with Crippen LogP contribution >= 0.6 is 0 Å². The monoisotopic (exact) mass is 380 g/mol. The lowest BCUT2D eigenvalue weighted by Gasteiger charge is -2.21. The van der Waals surface area contributed by atoms with Gasteiger partial charge in [-0.1, -0.05) is 75.4 Å². The number of hydrogen-bond acceptors (Lipinski definition) is 3. The predicted molar refractivity (Wildman–Crippen MR) is 119 cm³/mol. The topological polar surface area (TPSA) is 38.9 Å². The Hall–Kier alpha value is -3.20. The van der Waals surface area contributed by atoms with Crippen LogP contribution in [-0.4, -0.2) is 9.97 Å². The predicted octanol–water partition coefficient (Wildman–Crippen LogP) is 6.94. The normalized spacial score (nSPS) is 16.7. The van der Waals surface area contributed by atoms with Crippen LogP contribution in [0.4, 0.5) is 0 Å². The average molecular weight is 380 g/mol. The first-order valence-electron chi connectivity index (χ1n) is 10.1. The Morgan fingerprint density at radius 3 is 2.55 bits per heavy atom. The van der Waals surface area contributed by atoms with Gasteiger partial charge in [-0.15, -0.1) is 0 Å². The number of furan rings is 1. The molecular weight excluding hydrogens is 356 g/mol. The molecule has 1 aliphatic rings. The molecule has 0 saturated heterocycles. The van der Waals surface area contributed by atoms with Crippen molar-refractivity contribution in [2.45, 2.75) is 38.5 Å². The fourth-order valence-electron chi connectivity index (χ4n) is 3.88. The molecule has 5 rings (SSSR count). The Balaban J connectivity index is 1.75. The minimum Gasteiger partial charge on any atom is -0.455 e. The van der Waals surface area contributed by atoms with Crippen LogP contribution in [0.2, 0.25) is 0 Å². The van der Waals surface area contributed by atoms with Crippen molar-refractivity contribution in [1.29, 1.82) is 0 Å². The summed E-state index contributed by atoms with van der Waals surface area (Å²) in [6, 6.07) is 16.6. The molecular formula is C26H24N2O. The Labute approximate surface area is 170 Å². The van der Waals surface area contributed by atoms with E-state index >= 15 is 0 Å². The number of nitrogens with zero attached hydrogens (tertiary/aromatic N) is 2. The SMILES string of the molecule is CC(C)(C)c1nc(-c2cccc3c2oc2ccccc23)cc(C2C=CC=CC2)n1. The van der Waals surface area contributed by atoms with Gasteiger partial charge in [-0.3, -0.25) is 0 Å². The summed E-state index contributed by atoms with van der Waals surface area (Å²) < 4.78 is 6.26. The number of rotatable bonds is 2. The zero-order valence-corrected chi connectivity index (χ0v) is 17.0. The Morgan fingerprint density at radius 1 is 0.931 bits per heavy atom. The number of fused-ring (bicyclic) bond motifs is 3. The largest absolute Gasteiger partial charge is 0.455 e. The Bertz CT molecular complexity index is 1270. The molecule has 2 aromatic heterocycles. The van der Waals surface area contributed by atoms with Gasteiger partial charge in [-0.25, -0.2) is 9.97 Å². The third-order valence-electron chi connectivity index (χ3n) is 5.46. The first-order chi connectivity index (χ1) is 14.0. The number of benzene rings is 2. The highest BCUT2D eigenvalue weighted by Gasteiger charge is 2.23. The average Bonchev–Trinajstić information content (AvgIpc) is 3.12. The maximum Gasteiger partial charge on any atom is 0.144 e. The molecule has 0 bridgehead atoms. The standard InChI is InChI=1S/C26H24N2O/c1-26(2,3)25-27-21(17-10-5-4-6-11-17)16-22(28-25)20-14-9-13-19-18-12-7-8-15-23(18)29-24(19)20/h4-10,12-17H,11H2,1-3H3. The Morgan fingerprint density at radius 2 is 1.76 bits per heavy atom. The van der Waals surface area contributed by atoms with E-state index < -0.39 is 0 Å². The fourth-order valence-corrected chi connectivity index (χ4v) is 3.88. The molecule has 3 heteroatoms. The summed E-state index contributed by atoms with van der Waals surface area (Å²) in [4.78, 5) is 9.93. The molecule has 1 aliphatic carbocycles. The van der Waals surface area contributed by atoms with Crippen molar-refractivity contribution in [3.63, 3.8) is 0 Å². The lowest BCUT2D eigenvalue weighted by Crippen LogP contribution is -2.18. The summed E-state index contributed by atoms with van der Waals surface area (Å²) in [6.07, 6.45) is 9.58. The second-order valence-corrected chi connectivity index (χ2v) is 8.69. The summed E-state index contributed by atoms with van der Waals surface area (Å²) in [5, 5.41) is 2.26. The van der Waals surface area contributed by atoms with Gasteiger partial charge in [0.05, 0.1) is 11.4 Å². The molecule has 1 atom stereocenters. The van der Waals surface area contributed by atoms with Gasteiger partial charge in [0.25, 0.3) is 0 Å². The molecule has 0 spiro atoms. The van der Waals surface area contributed by atoms with E-state index in [4.69, 9.17) is 14.4 Å². The van der Waals surface area contributed by atoms with Gasteiger partial charge in [0, 0.05) is 27.7 Å². The van der Waals surface area contributed by atoms with Crippen molar-refractivity contribution >= 4 is 21.9 Å². The molecule has 2 aromatic carbocycles. The van der Waals surface area contributed by atoms with E-state index in [0.717, 1.165) is 51.1 Å². The first-order valence-corrected chi connectivity index (χ1v) is 10.1. The molecule has 0 radical (unpaired) electrons. The summed E-state index contributed by atoms with van der Waals surface area (Å²) >= 11 is 0.